The Labute approximate surface area is 123 Å². The molecule has 3 nitrogen and oxygen atoms in total. The van der Waals surface area contributed by atoms with E-state index in [1.165, 1.54) is 0 Å². The van der Waals surface area contributed by atoms with E-state index < -0.39 is 0 Å². The normalized spacial score (nSPS) is 14.3. The van der Waals surface area contributed by atoms with Crippen LogP contribution in [0.25, 0.3) is 0 Å². The zero-order chi connectivity index (χ0) is 13.8. The fourth-order valence-electron chi connectivity index (χ4n) is 2.11. The minimum absolute atomic E-state index is 0.131. The second-order valence-corrected chi connectivity index (χ2v) is 5.33. The SMILES string of the molecule is CCC(NC(C)c1ncc[nH]1)c1ccc(Cl)cc1Cl. The van der Waals surface area contributed by atoms with Crippen molar-refractivity contribution in [1.82, 2.24) is 15.3 Å². The number of benzene rings is 1. The van der Waals surface area contributed by atoms with Crippen LogP contribution in [0.5, 0.6) is 0 Å². The number of rotatable bonds is 5. The van der Waals surface area contributed by atoms with Gasteiger partial charge in [-0.05, 0) is 31.0 Å². The molecule has 0 aliphatic carbocycles. The molecule has 0 amide bonds. The number of halogens is 2. The Hall–Kier alpha value is -1.03. The van der Waals surface area contributed by atoms with E-state index in [9.17, 15) is 0 Å². The standard InChI is InChI=1S/C14H17Cl2N3/c1-3-13(11-5-4-10(15)8-12(11)16)19-9(2)14-17-6-7-18-14/h4-9,13,19H,3H2,1-2H3,(H,17,18). The molecule has 0 spiro atoms. The van der Waals surface area contributed by atoms with Gasteiger partial charge in [-0.25, -0.2) is 4.98 Å². The van der Waals surface area contributed by atoms with Crippen molar-refractivity contribution >= 4 is 23.2 Å². The Bertz CT molecular complexity index is 525. The number of nitrogens with zero attached hydrogens (tertiary/aromatic N) is 1. The van der Waals surface area contributed by atoms with Gasteiger partial charge in [-0.1, -0.05) is 36.2 Å². The molecule has 1 heterocycles. The van der Waals surface area contributed by atoms with E-state index in [-0.39, 0.29) is 12.1 Å². The van der Waals surface area contributed by atoms with Crippen molar-refractivity contribution in [2.24, 2.45) is 0 Å². The van der Waals surface area contributed by atoms with Crippen molar-refractivity contribution in [2.75, 3.05) is 0 Å². The predicted molar refractivity (Wildman–Crippen MR) is 79.6 cm³/mol. The first-order chi connectivity index (χ1) is 9.11. The molecule has 0 aliphatic rings. The molecule has 19 heavy (non-hydrogen) atoms. The molecule has 2 rings (SSSR count). The molecule has 0 radical (unpaired) electrons. The van der Waals surface area contributed by atoms with Gasteiger partial charge in [0.2, 0.25) is 0 Å². The van der Waals surface area contributed by atoms with Crippen molar-refractivity contribution in [3.8, 4) is 0 Å². The van der Waals surface area contributed by atoms with Gasteiger partial charge in [0, 0.05) is 28.5 Å². The molecule has 0 aliphatic heterocycles. The van der Waals surface area contributed by atoms with E-state index in [4.69, 9.17) is 23.2 Å². The molecule has 1 aromatic heterocycles. The van der Waals surface area contributed by atoms with Crippen LogP contribution in [-0.4, -0.2) is 9.97 Å². The number of hydrogen-bond donors (Lipinski definition) is 2. The molecule has 2 unspecified atom stereocenters. The highest BCUT2D eigenvalue weighted by atomic mass is 35.5. The lowest BCUT2D eigenvalue weighted by atomic mass is 10.0. The third kappa shape index (κ3) is 3.50. The first-order valence-corrected chi connectivity index (χ1v) is 7.07. The van der Waals surface area contributed by atoms with Crippen LogP contribution in [0.3, 0.4) is 0 Å². The number of H-pyrrole nitrogens is 1. The molecule has 2 N–H and O–H groups in total. The number of hydrogen-bond acceptors (Lipinski definition) is 2. The number of imidazole rings is 1. The van der Waals surface area contributed by atoms with Crippen LogP contribution in [0.4, 0.5) is 0 Å². The van der Waals surface area contributed by atoms with Crippen LogP contribution in [0.2, 0.25) is 10.0 Å². The quantitative estimate of drug-likeness (QED) is 0.852. The maximum Gasteiger partial charge on any atom is 0.122 e. The van der Waals surface area contributed by atoms with Gasteiger partial charge in [-0.2, -0.15) is 0 Å². The van der Waals surface area contributed by atoms with E-state index >= 15 is 0 Å². The first-order valence-electron chi connectivity index (χ1n) is 6.32. The largest absolute Gasteiger partial charge is 0.347 e. The minimum atomic E-state index is 0.131. The van der Waals surface area contributed by atoms with E-state index in [0.29, 0.717) is 10.0 Å². The van der Waals surface area contributed by atoms with Gasteiger partial charge in [0.25, 0.3) is 0 Å². The van der Waals surface area contributed by atoms with Crippen LogP contribution < -0.4 is 5.32 Å². The van der Waals surface area contributed by atoms with Crippen LogP contribution >= 0.6 is 23.2 Å². The smallest absolute Gasteiger partial charge is 0.122 e. The van der Waals surface area contributed by atoms with E-state index in [1.54, 1.807) is 12.3 Å². The number of nitrogens with one attached hydrogen (secondary N) is 2. The summed E-state index contributed by atoms with van der Waals surface area (Å²) in [7, 11) is 0. The maximum atomic E-state index is 6.26. The molecule has 1 aromatic carbocycles. The molecule has 2 atom stereocenters. The van der Waals surface area contributed by atoms with Crippen molar-refractivity contribution in [3.63, 3.8) is 0 Å². The number of aromatic amines is 1. The summed E-state index contributed by atoms with van der Waals surface area (Å²) in [5.74, 6) is 0.920. The maximum absolute atomic E-state index is 6.26. The molecule has 0 bridgehead atoms. The van der Waals surface area contributed by atoms with Crippen molar-refractivity contribution in [3.05, 3.63) is 52.0 Å². The lowest BCUT2D eigenvalue weighted by Gasteiger charge is -2.22. The second kappa shape index (κ2) is 6.42. The highest BCUT2D eigenvalue weighted by molar-refractivity contribution is 6.35. The summed E-state index contributed by atoms with van der Waals surface area (Å²) in [6.07, 6.45) is 4.51. The average Bonchev–Trinajstić information content (AvgIpc) is 2.90. The summed E-state index contributed by atoms with van der Waals surface area (Å²) in [4.78, 5) is 7.38. The van der Waals surface area contributed by atoms with Gasteiger partial charge in [0.1, 0.15) is 5.82 Å². The third-order valence-electron chi connectivity index (χ3n) is 3.13. The molecule has 0 saturated heterocycles. The molecule has 102 valence electrons. The van der Waals surface area contributed by atoms with Gasteiger partial charge in [-0.3, -0.25) is 0 Å². The Balaban J connectivity index is 2.16. The molecular formula is C14H17Cl2N3. The topological polar surface area (TPSA) is 40.7 Å². The molecular weight excluding hydrogens is 281 g/mol. The summed E-state index contributed by atoms with van der Waals surface area (Å²) in [5.41, 5.74) is 1.06. The fraction of sp³-hybridized carbons (Fsp3) is 0.357. The van der Waals surface area contributed by atoms with E-state index in [0.717, 1.165) is 17.8 Å². The van der Waals surface area contributed by atoms with Gasteiger partial charge in [-0.15, -0.1) is 0 Å². The van der Waals surface area contributed by atoms with Crippen LogP contribution in [0, 0.1) is 0 Å². The minimum Gasteiger partial charge on any atom is -0.347 e. The third-order valence-corrected chi connectivity index (χ3v) is 3.69. The van der Waals surface area contributed by atoms with Gasteiger partial charge >= 0.3 is 0 Å². The Kier molecular flexibility index (Phi) is 4.86. The fourth-order valence-corrected chi connectivity index (χ4v) is 2.65. The summed E-state index contributed by atoms with van der Waals surface area (Å²) >= 11 is 12.2. The molecule has 0 fully saturated rings. The summed E-state index contributed by atoms with van der Waals surface area (Å²) in [6.45, 7) is 4.20. The Morgan fingerprint density at radius 1 is 1.37 bits per heavy atom. The second-order valence-electron chi connectivity index (χ2n) is 4.49. The van der Waals surface area contributed by atoms with Crippen LogP contribution in [-0.2, 0) is 0 Å². The zero-order valence-corrected chi connectivity index (χ0v) is 12.5. The summed E-state index contributed by atoms with van der Waals surface area (Å²) in [5, 5.41) is 4.87. The van der Waals surface area contributed by atoms with Crippen molar-refractivity contribution < 1.29 is 0 Å². The van der Waals surface area contributed by atoms with E-state index in [1.807, 2.05) is 18.3 Å². The summed E-state index contributed by atoms with van der Waals surface area (Å²) in [6, 6.07) is 5.92. The van der Waals surface area contributed by atoms with Gasteiger partial charge < -0.3 is 10.3 Å². The lowest BCUT2D eigenvalue weighted by Crippen LogP contribution is -2.25. The molecule has 0 saturated carbocycles. The van der Waals surface area contributed by atoms with Crippen LogP contribution in [0.15, 0.2) is 30.6 Å². The highest BCUT2D eigenvalue weighted by Gasteiger charge is 2.17. The van der Waals surface area contributed by atoms with Gasteiger partial charge in [0.05, 0.1) is 6.04 Å². The highest BCUT2D eigenvalue weighted by Crippen LogP contribution is 2.29. The Morgan fingerprint density at radius 3 is 2.74 bits per heavy atom. The van der Waals surface area contributed by atoms with Crippen molar-refractivity contribution in [2.45, 2.75) is 32.4 Å². The first kappa shape index (κ1) is 14.4. The Morgan fingerprint density at radius 2 is 2.16 bits per heavy atom. The van der Waals surface area contributed by atoms with E-state index in [2.05, 4.69) is 29.1 Å². The number of aromatic nitrogens is 2. The van der Waals surface area contributed by atoms with Crippen molar-refractivity contribution in [1.29, 1.82) is 0 Å². The average molecular weight is 298 g/mol. The molecule has 5 heteroatoms. The van der Waals surface area contributed by atoms with Gasteiger partial charge in [0.15, 0.2) is 0 Å². The molecule has 2 aromatic rings. The monoisotopic (exact) mass is 297 g/mol. The zero-order valence-electron chi connectivity index (χ0n) is 11.0. The summed E-state index contributed by atoms with van der Waals surface area (Å²) < 4.78 is 0. The lowest BCUT2D eigenvalue weighted by molar-refractivity contribution is 0.444. The van der Waals surface area contributed by atoms with Crippen LogP contribution in [0.1, 0.15) is 43.7 Å². The predicted octanol–water partition coefficient (Wildman–Crippen LogP) is 4.52.